The molecule has 0 bridgehead atoms. The molecule has 0 saturated carbocycles. The van der Waals surface area contributed by atoms with Gasteiger partial charge < -0.3 is 0 Å². The van der Waals surface area contributed by atoms with Gasteiger partial charge in [-0.2, -0.15) is 0 Å². The summed E-state index contributed by atoms with van der Waals surface area (Å²) in [6.45, 7) is 9.40. The Balaban J connectivity index is 5.47. The number of hydrogen-bond donors (Lipinski definition) is 0. The van der Waals surface area contributed by atoms with Gasteiger partial charge in [-0.25, -0.2) is 0 Å². The van der Waals surface area contributed by atoms with E-state index >= 15 is 0 Å². The first kappa shape index (κ1) is 17.2. The molecule has 0 atom stereocenters. The number of allylic oxidation sites excluding steroid dienone is 4. The molecule has 0 unspecified atom stereocenters. The number of rotatable bonds is 7. The summed E-state index contributed by atoms with van der Waals surface area (Å²) in [7, 11) is 0. The SMILES string of the molecule is C=CC=[C](OC(C)=O)[Ru]([CH]=O)[C](=CC=C)OC(C)=O. The first-order valence-electron chi connectivity index (χ1n) is 5.08. The standard InChI is InChI=1S/2C6H7O2.CHO.Ru/c2*1-3-4-5-8-6(2)7;1-2;/h2*3-4H,1H2,2H3;1H;. The zero-order valence-corrected chi connectivity index (χ0v) is 12.4. The third kappa shape index (κ3) is 6.62. The van der Waals surface area contributed by atoms with Crippen LogP contribution < -0.4 is 0 Å². The molecule has 0 aliphatic carbocycles. The Hall–Kier alpha value is -1.81. The summed E-state index contributed by atoms with van der Waals surface area (Å²) < 4.78 is 10.3. The summed E-state index contributed by atoms with van der Waals surface area (Å²) in [5, 5.41) is 0. The predicted octanol–water partition coefficient (Wildman–Crippen LogP) is 1.98. The predicted molar refractivity (Wildman–Crippen MR) is 66.8 cm³/mol. The van der Waals surface area contributed by atoms with Crippen LogP contribution in [0.25, 0.3) is 0 Å². The second kappa shape index (κ2) is 9.17. The van der Waals surface area contributed by atoms with E-state index in [9.17, 15) is 14.4 Å². The average molecular weight is 352 g/mol. The van der Waals surface area contributed by atoms with Gasteiger partial charge in [0.1, 0.15) is 0 Å². The first-order valence-corrected chi connectivity index (χ1v) is 7.82. The fraction of sp³-hybridized carbons (Fsp3) is 0.154. The van der Waals surface area contributed by atoms with Crippen molar-refractivity contribution in [2.24, 2.45) is 0 Å². The van der Waals surface area contributed by atoms with E-state index in [0.29, 0.717) is 4.88 Å². The van der Waals surface area contributed by atoms with Crippen LogP contribution in [0.15, 0.2) is 46.2 Å². The van der Waals surface area contributed by atoms with Crippen LogP contribution in [0.2, 0.25) is 0 Å². The van der Waals surface area contributed by atoms with Crippen LogP contribution in [-0.2, 0) is 39.8 Å². The molecule has 19 heavy (non-hydrogen) atoms. The Morgan fingerprint density at radius 2 is 1.32 bits per heavy atom. The topological polar surface area (TPSA) is 69.7 Å². The molecule has 0 fully saturated rings. The maximum absolute atomic E-state index is 11.2. The third-order valence-electron chi connectivity index (χ3n) is 1.43. The van der Waals surface area contributed by atoms with Crippen molar-refractivity contribution in [3.63, 3.8) is 0 Å². The maximum atomic E-state index is 11.2. The molecule has 0 aliphatic rings. The van der Waals surface area contributed by atoms with Gasteiger partial charge in [-0.05, 0) is 0 Å². The van der Waals surface area contributed by atoms with Crippen LogP contribution in [-0.4, -0.2) is 16.8 Å². The van der Waals surface area contributed by atoms with E-state index in [1.807, 2.05) is 0 Å². The van der Waals surface area contributed by atoms with Crippen LogP contribution in [0, 0.1) is 0 Å². The molecule has 105 valence electrons. The molecule has 0 amide bonds. The van der Waals surface area contributed by atoms with Gasteiger partial charge in [-0.15, -0.1) is 0 Å². The van der Waals surface area contributed by atoms with Crippen molar-refractivity contribution in [3.05, 3.63) is 46.2 Å². The summed E-state index contributed by atoms with van der Waals surface area (Å²) in [5.74, 6) is -1.12. The average Bonchev–Trinajstić information content (AvgIpc) is 2.28. The Bertz CT molecular complexity index is 410. The van der Waals surface area contributed by atoms with E-state index in [1.165, 1.54) is 38.2 Å². The summed E-state index contributed by atoms with van der Waals surface area (Å²) in [4.78, 5) is 33.9. The molecule has 0 rings (SSSR count). The van der Waals surface area contributed by atoms with E-state index in [2.05, 4.69) is 13.2 Å². The van der Waals surface area contributed by atoms with Crippen molar-refractivity contribution in [1.29, 1.82) is 0 Å². The Kier molecular flexibility index (Phi) is 8.30. The van der Waals surface area contributed by atoms with Gasteiger partial charge in [0.2, 0.25) is 0 Å². The molecule has 0 aromatic heterocycles. The minimum atomic E-state index is -2.63. The molecule has 0 aromatic carbocycles. The first-order chi connectivity index (χ1) is 8.96. The van der Waals surface area contributed by atoms with Gasteiger partial charge >= 0.3 is 117 Å². The van der Waals surface area contributed by atoms with Crippen LogP contribution in [0.3, 0.4) is 0 Å². The zero-order valence-electron chi connectivity index (χ0n) is 10.7. The van der Waals surface area contributed by atoms with Crippen LogP contribution in [0.5, 0.6) is 0 Å². The van der Waals surface area contributed by atoms with Crippen molar-refractivity contribution < 1.29 is 39.8 Å². The van der Waals surface area contributed by atoms with Crippen molar-refractivity contribution in [1.82, 2.24) is 0 Å². The van der Waals surface area contributed by atoms with Crippen molar-refractivity contribution in [2.75, 3.05) is 0 Å². The monoisotopic (exact) mass is 353 g/mol. The number of hydrogen-bond acceptors (Lipinski definition) is 5. The molecular weight excluding hydrogens is 337 g/mol. The molecular formula is C13H15O5Ru. The summed E-state index contributed by atoms with van der Waals surface area (Å²) in [6.07, 6.45) is 5.61. The summed E-state index contributed by atoms with van der Waals surface area (Å²) in [6, 6.07) is 0. The Morgan fingerprint density at radius 3 is 1.53 bits per heavy atom. The van der Waals surface area contributed by atoms with Gasteiger partial charge in [0.05, 0.1) is 0 Å². The fourth-order valence-electron chi connectivity index (χ4n) is 0.888. The second-order valence-electron chi connectivity index (χ2n) is 2.95. The van der Waals surface area contributed by atoms with Crippen molar-refractivity contribution in [2.45, 2.75) is 13.8 Å². The molecule has 0 aromatic rings. The van der Waals surface area contributed by atoms with E-state index in [0.717, 1.165) is 0 Å². The van der Waals surface area contributed by atoms with Gasteiger partial charge in [-0.3, -0.25) is 0 Å². The molecule has 6 heteroatoms. The van der Waals surface area contributed by atoms with E-state index < -0.39 is 27.9 Å². The van der Waals surface area contributed by atoms with Gasteiger partial charge in [0.15, 0.2) is 0 Å². The van der Waals surface area contributed by atoms with E-state index in [4.69, 9.17) is 9.47 Å². The van der Waals surface area contributed by atoms with Gasteiger partial charge in [-0.1, -0.05) is 0 Å². The molecule has 0 saturated heterocycles. The van der Waals surface area contributed by atoms with Gasteiger partial charge in [0, 0.05) is 0 Å². The zero-order chi connectivity index (χ0) is 14.8. The molecule has 0 N–H and O–H groups in total. The molecule has 0 aliphatic heterocycles. The Labute approximate surface area is 117 Å². The normalized spacial score (nSPS) is 12.2. The van der Waals surface area contributed by atoms with Crippen LogP contribution >= 0.6 is 0 Å². The third-order valence-corrected chi connectivity index (χ3v) is 4.62. The molecule has 0 spiro atoms. The second-order valence-corrected chi connectivity index (χ2v) is 6.51. The number of ether oxygens (including phenoxy) is 2. The number of carbonyl (C=O) groups excluding carboxylic acids is 3. The molecule has 5 nitrogen and oxygen atoms in total. The molecule has 0 heterocycles. The van der Waals surface area contributed by atoms with E-state index in [-0.39, 0.29) is 8.71 Å². The van der Waals surface area contributed by atoms with Crippen LogP contribution in [0.1, 0.15) is 13.8 Å². The van der Waals surface area contributed by atoms with Crippen molar-refractivity contribution in [3.8, 4) is 0 Å². The fourth-order valence-corrected chi connectivity index (χ4v) is 3.63. The van der Waals surface area contributed by atoms with Gasteiger partial charge in [0.25, 0.3) is 0 Å². The number of carbonyl (C=O) groups is 3. The Morgan fingerprint density at radius 1 is 0.947 bits per heavy atom. The molecule has 0 radical (unpaired) electrons. The van der Waals surface area contributed by atoms with Crippen molar-refractivity contribution >= 4 is 16.8 Å². The quantitative estimate of drug-likeness (QED) is 0.230. The summed E-state index contributed by atoms with van der Waals surface area (Å²) >= 11 is -2.63. The minimum absolute atomic E-state index is 0.164. The number of esters is 2. The summed E-state index contributed by atoms with van der Waals surface area (Å²) in [5.41, 5.74) is 0. The van der Waals surface area contributed by atoms with Crippen LogP contribution in [0.4, 0.5) is 0 Å². The van der Waals surface area contributed by atoms with E-state index in [1.54, 1.807) is 0 Å².